The Hall–Kier alpha value is -2.82. The number of hydrogen-bond acceptors (Lipinski definition) is 5. The van der Waals surface area contributed by atoms with Gasteiger partial charge in [-0.1, -0.05) is 0 Å². The Morgan fingerprint density at radius 2 is 1.57 bits per heavy atom. The first-order valence-corrected chi connectivity index (χ1v) is 7.11. The number of hydrogen-bond donors (Lipinski definition) is 1. The molecule has 0 aliphatic carbocycles. The van der Waals surface area contributed by atoms with Crippen LogP contribution in [-0.4, -0.2) is 26.4 Å². The van der Waals surface area contributed by atoms with Crippen molar-refractivity contribution in [3.05, 3.63) is 35.9 Å². The fraction of sp³-hybridized carbons (Fsp3) is 0.222. The lowest BCUT2D eigenvalue weighted by Gasteiger charge is -2.11. The van der Waals surface area contributed by atoms with E-state index in [1.54, 1.807) is 39.5 Å². The van der Waals surface area contributed by atoms with Crippen molar-refractivity contribution >= 4 is 11.0 Å². The van der Waals surface area contributed by atoms with E-state index in [9.17, 15) is 5.11 Å². The molecule has 0 aliphatic rings. The van der Waals surface area contributed by atoms with Crippen molar-refractivity contribution in [2.75, 3.05) is 21.3 Å². The van der Waals surface area contributed by atoms with Crippen LogP contribution in [0.25, 0.3) is 22.3 Å². The third-order valence-electron chi connectivity index (χ3n) is 3.88. The molecule has 3 aromatic rings. The van der Waals surface area contributed by atoms with Crippen LogP contribution in [0.15, 0.2) is 34.7 Å². The lowest BCUT2D eigenvalue weighted by molar-refractivity contribution is 0.392. The van der Waals surface area contributed by atoms with Crippen molar-refractivity contribution in [1.29, 1.82) is 0 Å². The molecule has 3 rings (SSSR count). The van der Waals surface area contributed by atoms with E-state index < -0.39 is 0 Å². The number of fused-ring (bicyclic) bond motifs is 1. The van der Waals surface area contributed by atoms with Gasteiger partial charge in [-0.15, -0.1) is 0 Å². The number of furan rings is 1. The molecule has 0 bridgehead atoms. The van der Waals surface area contributed by atoms with E-state index in [0.717, 1.165) is 11.1 Å². The Labute approximate surface area is 134 Å². The number of phenolic OH excluding ortho intramolecular Hbond substituents is 1. The molecule has 0 amide bonds. The van der Waals surface area contributed by atoms with Crippen molar-refractivity contribution in [2.45, 2.75) is 6.92 Å². The number of methoxy groups -OCH3 is 3. The Kier molecular flexibility index (Phi) is 3.78. The van der Waals surface area contributed by atoms with E-state index in [1.807, 2.05) is 19.1 Å². The third-order valence-corrected chi connectivity index (χ3v) is 3.88. The highest BCUT2D eigenvalue weighted by molar-refractivity contribution is 5.90. The molecular formula is C18H18O5. The second kappa shape index (κ2) is 5.76. The van der Waals surface area contributed by atoms with Crippen molar-refractivity contribution in [2.24, 2.45) is 0 Å². The van der Waals surface area contributed by atoms with Crippen molar-refractivity contribution in [3.63, 3.8) is 0 Å². The SMILES string of the molecule is COc1cc(OC)c(C)c(-c2cc3c(O)cc(OC)cc3o2)c1. The first-order chi connectivity index (χ1) is 11.1. The summed E-state index contributed by atoms with van der Waals surface area (Å²) < 4.78 is 21.8. The van der Waals surface area contributed by atoms with Gasteiger partial charge < -0.3 is 23.7 Å². The summed E-state index contributed by atoms with van der Waals surface area (Å²) in [7, 11) is 4.76. The first-order valence-electron chi connectivity index (χ1n) is 7.11. The minimum Gasteiger partial charge on any atom is -0.507 e. The summed E-state index contributed by atoms with van der Waals surface area (Å²) >= 11 is 0. The molecule has 0 radical (unpaired) electrons. The monoisotopic (exact) mass is 314 g/mol. The fourth-order valence-electron chi connectivity index (χ4n) is 2.59. The smallest absolute Gasteiger partial charge is 0.142 e. The molecule has 5 heteroatoms. The highest BCUT2D eigenvalue weighted by Gasteiger charge is 2.16. The normalized spacial score (nSPS) is 10.8. The number of benzene rings is 2. The molecule has 1 aromatic heterocycles. The molecule has 0 saturated carbocycles. The summed E-state index contributed by atoms with van der Waals surface area (Å²) in [5, 5.41) is 10.8. The number of phenols is 1. The van der Waals surface area contributed by atoms with Crippen molar-refractivity contribution in [3.8, 4) is 34.3 Å². The van der Waals surface area contributed by atoms with Crippen LogP contribution in [-0.2, 0) is 0 Å². The second-order valence-corrected chi connectivity index (χ2v) is 5.17. The van der Waals surface area contributed by atoms with Crippen LogP contribution in [0.2, 0.25) is 0 Å². The lowest BCUT2D eigenvalue weighted by atomic mass is 10.0. The molecule has 0 aliphatic heterocycles. The summed E-state index contributed by atoms with van der Waals surface area (Å²) in [5.74, 6) is 2.65. The molecule has 2 aromatic carbocycles. The Bertz CT molecular complexity index is 863. The van der Waals surface area contributed by atoms with Gasteiger partial charge in [-0.3, -0.25) is 0 Å². The molecular weight excluding hydrogens is 296 g/mol. The van der Waals surface area contributed by atoms with Gasteiger partial charge in [0, 0.05) is 29.3 Å². The predicted octanol–water partition coefficient (Wildman–Crippen LogP) is 4.14. The largest absolute Gasteiger partial charge is 0.507 e. The maximum atomic E-state index is 10.1. The van der Waals surface area contributed by atoms with Gasteiger partial charge in [-0.05, 0) is 19.1 Å². The van der Waals surface area contributed by atoms with E-state index >= 15 is 0 Å². The highest BCUT2D eigenvalue weighted by Crippen LogP contribution is 2.40. The van der Waals surface area contributed by atoms with Gasteiger partial charge in [0.1, 0.15) is 34.3 Å². The summed E-state index contributed by atoms with van der Waals surface area (Å²) in [4.78, 5) is 0. The van der Waals surface area contributed by atoms with Crippen LogP contribution in [0.1, 0.15) is 5.56 Å². The van der Waals surface area contributed by atoms with Gasteiger partial charge in [-0.25, -0.2) is 0 Å². The molecule has 0 saturated heterocycles. The van der Waals surface area contributed by atoms with Gasteiger partial charge in [0.15, 0.2) is 0 Å². The van der Waals surface area contributed by atoms with E-state index in [-0.39, 0.29) is 5.75 Å². The van der Waals surface area contributed by atoms with Crippen LogP contribution >= 0.6 is 0 Å². The van der Waals surface area contributed by atoms with Gasteiger partial charge >= 0.3 is 0 Å². The van der Waals surface area contributed by atoms with Crippen molar-refractivity contribution in [1.82, 2.24) is 0 Å². The molecule has 5 nitrogen and oxygen atoms in total. The zero-order valence-corrected chi connectivity index (χ0v) is 13.5. The summed E-state index contributed by atoms with van der Waals surface area (Å²) in [6.07, 6.45) is 0. The first kappa shape index (κ1) is 15.1. The maximum Gasteiger partial charge on any atom is 0.142 e. The van der Waals surface area contributed by atoms with Crippen LogP contribution < -0.4 is 14.2 Å². The van der Waals surface area contributed by atoms with E-state index in [0.29, 0.717) is 34.0 Å². The molecule has 1 N–H and O–H groups in total. The number of rotatable bonds is 4. The predicted molar refractivity (Wildman–Crippen MR) is 87.7 cm³/mol. The van der Waals surface area contributed by atoms with Crippen molar-refractivity contribution < 1.29 is 23.7 Å². The standard InChI is InChI=1S/C18H18O5/c1-10-13(5-11(20-2)7-16(10)22-4)18-9-14-15(19)6-12(21-3)8-17(14)23-18/h5-9,19H,1-4H3. The average Bonchev–Trinajstić information content (AvgIpc) is 2.99. The molecule has 0 fully saturated rings. The molecule has 23 heavy (non-hydrogen) atoms. The lowest BCUT2D eigenvalue weighted by Crippen LogP contribution is -1.92. The third kappa shape index (κ3) is 2.54. The van der Waals surface area contributed by atoms with Gasteiger partial charge in [-0.2, -0.15) is 0 Å². The number of ether oxygens (including phenoxy) is 3. The summed E-state index contributed by atoms with van der Waals surface area (Å²) in [5.41, 5.74) is 2.33. The van der Waals surface area contributed by atoms with Gasteiger partial charge in [0.2, 0.25) is 0 Å². The van der Waals surface area contributed by atoms with Crippen LogP contribution in [0.3, 0.4) is 0 Å². The Morgan fingerprint density at radius 3 is 2.22 bits per heavy atom. The molecule has 0 spiro atoms. The highest BCUT2D eigenvalue weighted by atomic mass is 16.5. The quantitative estimate of drug-likeness (QED) is 0.784. The zero-order valence-electron chi connectivity index (χ0n) is 13.5. The van der Waals surface area contributed by atoms with Gasteiger partial charge in [0.05, 0.1) is 26.7 Å². The summed E-state index contributed by atoms with van der Waals surface area (Å²) in [6.45, 7) is 1.95. The topological polar surface area (TPSA) is 61.1 Å². The minimum atomic E-state index is 0.113. The fourth-order valence-corrected chi connectivity index (χ4v) is 2.59. The Morgan fingerprint density at radius 1 is 0.870 bits per heavy atom. The summed E-state index contributed by atoms with van der Waals surface area (Å²) in [6, 6.07) is 8.79. The number of aromatic hydroxyl groups is 1. The van der Waals surface area contributed by atoms with Gasteiger partial charge in [0.25, 0.3) is 0 Å². The van der Waals surface area contributed by atoms with E-state index in [2.05, 4.69) is 0 Å². The molecule has 0 atom stereocenters. The molecule has 1 heterocycles. The minimum absolute atomic E-state index is 0.113. The van der Waals surface area contributed by atoms with Crippen LogP contribution in [0, 0.1) is 6.92 Å². The maximum absolute atomic E-state index is 10.1. The molecule has 120 valence electrons. The zero-order chi connectivity index (χ0) is 16.6. The van der Waals surface area contributed by atoms with Crippen LogP contribution in [0.5, 0.6) is 23.0 Å². The van der Waals surface area contributed by atoms with E-state index in [4.69, 9.17) is 18.6 Å². The second-order valence-electron chi connectivity index (χ2n) is 5.17. The molecule has 0 unspecified atom stereocenters. The van der Waals surface area contributed by atoms with E-state index in [1.165, 1.54) is 0 Å². The Balaban J connectivity index is 2.22. The van der Waals surface area contributed by atoms with Crippen LogP contribution in [0.4, 0.5) is 0 Å². The average molecular weight is 314 g/mol.